The molecule has 256 valence electrons. The maximum absolute atomic E-state index is 11.7. The molecule has 0 spiro atoms. The van der Waals surface area contributed by atoms with Crippen LogP contribution in [0.4, 0.5) is 0 Å². The van der Waals surface area contributed by atoms with Gasteiger partial charge in [0.25, 0.3) is 0 Å². The van der Waals surface area contributed by atoms with Gasteiger partial charge in [-0.25, -0.2) is 4.79 Å². The highest BCUT2D eigenvalue weighted by Gasteiger charge is 2.40. The number of hydrogen-bond acceptors (Lipinski definition) is 7. The molecule has 0 aromatic rings. The van der Waals surface area contributed by atoms with Crippen LogP contribution in [0.2, 0.25) is 0 Å². The van der Waals surface area contributed by atoms with E-state index in [2.05, 4.69) is 6.92 Å². The molecule has 0 amide bonds. The first-order chi connectivity index (χ1) is 21.4. The molecule has 0 saturated carbocycles. The summed E-state index contributed by atoms with van der Waals surface area (Å²) >= 11 is 0. The fourth-order valence-electron chi connectivity index (χ4n) is 7.28. The minimum atomic E-state index is -0.463. The number of rotatable bonds is 25. The van der Waals surface area contributed by atoms with E-state index in [1.54, 1.807) is 0 Å². The summed E-state index contributed by atoms with van der Waals surface area (Å²) in [6, 6.07) is 0. The van der Waals surface area contributed by atoms with Crippen LogP contribution >= 0.6 is 0 Å². The summed E-state index contributed by atoms with van der Waals surface area (Å²) in [5.74, 6) is -0.281. The SMILES string of the molecule is CCCCCCCCCC[C@H](O)[C@H]1CC[C@@H]([C@@H]2CC[C@H]([C@H](O)CCCCCCCCCC[C@H](O)CC3=C[C@@H](C)OC3=O)O2)O1. The fourth-order valence-corrected chi connectivity index (χ4v) is 7.28. The topological polar surface area (TPSA) is 105 Å². The number of esters is 1. The van der Waals surface area contributed by atoms with Crippen molar-refractivity contribution in [1.82, 2.24) is 0 Å². The highest BCUT2D eigenvalue weighted by Crippen LogP contribution is 2.34. The van der Waals surface area contributed by atoms with E-state index >= 15 is 0 Å². The van der Waals surface area contributed by atoms with Gasteiger partial charge in [0.1, 0.15) is 6.10 Å². The van der Waals surface area contributed by atoms with Gasteiger partial charge in [-0.3, -0.25) is 0 Å². The van der Waals surface area contributed by atoms with E-state index < -0.39 is 12.2 Å². The minimum absolute atomic E-state index is 0.0519. The molecule has 0 aromatic heterocycles. The van der Waals surface area contributed by atoms with Crippen LogP contribution in [0.5, 0.6) is 0 Å². The van der Waals surface area contributed by atoms with Gasteiger partial charge in [0.2, 0.25) is 0 Å². The molecule has 0 unspecified atom stereocenters. The first-order valence-electron chi connectivity index (χ1n) is 18.6. The Morgan fingerprint density at radius 1 is 0.659 bits per heavy atom. The molecule has 3 aliphatic rings. The van der Waals surface area contributed by atoms with Gasteiger partial charge in [0, 0.05) is 12.0 Å². The number of unbranched alkanes of at least 4 members (excludes halogenated alkanes) is 14. The molecule has 8 atom stereocenters. The van der Waals surface area contributed by atoms with Crippen molar-refractivity contribution in [2.75, 3.05) is 0 Å². The van der Waals surface area contributed by atoms with E-state index in [-0.39, 0.29) is 42.6 Å². The van der Waals surface area contributed by atoms with E-state index in [9.17, 15) is 20.1 Å². The van der Waals surface area contributed by atoms with Crippen molar-refractivity contribution in [2.24, 2.45) is 0 Å². The highest BCUT2D eigenvalue weighted by molar-refractivity contribution is 5.90. The maximum Gasteiger partial charge on any atom is 0.334 e. The van der Waals surface area contributed by atoms with Crippen molar-refractivity contribution < 1.29 is 34.3 Å². The highest BCUT2D eigenvalue weighted by atomic mass is 16.6. The van der Waals surface area contributed by atoms with E-state index in [1.807, 2.05) is 13.0 Å². The zero-order chi connectivity index (χ0) is 31.6. The number of hydrogen-bond donors (Lipinski definition) is 3. The van der Waals surface area contributed by atoms with E-state index in [1.165, 1.54) is 70.6 Å². The molecule has 0 aromatic carbocycles. The molecule has 7 heteroatoms. The lowest BCUT2D eigenvalue weighted by atomic mass is 10.00. The van der Waals surface area contributed by atoms with Crippen LogP contribution in [0.1, 0.15) is 168 Å². The van der Waals surface area contributed by atoms with Crippen molar-refractivity contribution >= 4 is 5.97 Å². The molecule has 3 heterocycles. The summed E-state index contributed by atoms with van der Waals surface area (Å²) in [5.41, 5.74) is 0.617. The van der Waals surface area contributed by atoms with Gasteiger partial charge >= 0.3 is 5.97 Å². The third kappa shape index (κ3) is 14.2. The maximum atomic E-state index is 11.7. The Kier molecular flexibility index (Phi) is 18.5. The molecule has 2 fully saturated rings. The lowest BCUT2D eigenvalue weighted by molar-refractivity contribution is -0.139. The van der Waals surface area contributed by atoms with E-state index in [0.717, 1.165) is 77.0 Å². The Bertz CT molecular complexity index is 801. The summed E-state index contributed by atoms with van der Waals surface area (Å²) in [6.07, 6.45) is 26.1. The second kappa shape index (κ2) is 21.7. The third-order valence-electron chi connectivity index (χ3n) is 10.0. The monoisotopic (exact) mass is 622 g/mol. The molecule has 0 radical (unpaired) electrons. The summed E-state index contributed by atoms with van der Waals surface area (Å²) in [4.78, 5) is 11.7. The van der Waals surface area contributed by atoms with Crippen LogP contribution in [-0.2, 0) is 19.0 Å². The standard InChI is InChI=1S/C37H66O7/c1-3-4-5-6-7-11-14-17-20-31(39)33-22-24-35(43-33)36-25-23-34(44-36)32(40)21-18-15-12-9-8-10-13-16-19-30(38)27-29-26-28(2)42-37(29)41/h26,28,30-36,38-40H,3-25,27H2,1-2H3/t28-,30+,31+,32-,33-,34-,35+,36+/m1/s1. The normalized spacial score (nSPS) is 27.4. The van der Waals surface area contributed by atoms with Gasteiger partial charge in [0.05, 0.1) is 42.7 Å². The van der Waals surface area contributed by atoms with Gasteiger partial charge in [0.15, 0.2) is 0 Å². The van der Waals surface area contributed by atoms with Gasteiger partial charge in [-0.2, -0.15) is 0 Å². The molecule has 44 heavy (non-hydrogen) atoms. The molecule has 7 nitrogen and oxygen atoms in total. The predicted octanol–water partition coefficient (Wildman–Crippen LogP) is 7.86. The zero-order valence-electron chi connectivity index (χ0n) is 28.1. The van der Waals surface area contributed by atoms with Gasteiger partial charge < -0.3 is 29.5 Å². The van der Waals surface area contributed by atoms with Crippen molar-refractivity contribution in [3.63, 3.8) is 0 Å². The first kappa shape index (κ1) is 37.5. The summed E-state index contributed by atoms with van der Waals surface area (Å²) < 4.78 is 17.7. The van der Waals surface area contributed by atoms with Crippen LogP contribution in [0.15, 0.2) is 11.6 Å². The number of aliphatic hydroxyl groups excluding tert-OH is 3. The second-order valence-electron chi connectivity index (χ2n) is 14.0. The quantitative estimate of drug-likeness (QED) is 0.0703. The van der Waals surface area contributed by atoms with Crippen molar-refractivity contribution in [1.29, 1.82) is 0 Å². The minimum Gasteiger partial charge on any atom is -0.455 e. The second-order valence-corrected chi connectivity index (χ2v) is 14.0. The first-order valence-corrected chi connectivity index (χ1v) is 18.6. The Labute approximate surface area is 268 Å². The third-order valence-corrected chi connectivity index (χ3v) is 10.0. The van der Waals surface area contributed by atoms with Crippen molar-refractivity contribution in [3.8, 4) is 0 Å². The van der Waals surface area contributed by atoms with Crippen LogP contribution in [0.25, 0.3) is 0 Å². The van der Waals surface area contributed by atoms with Crippen molar-refractivity contribution in [3.05, 3.63) is 11.6 Å². The molecule has 2 saturated heterocycles. The number of carbonyl (C=O) groups is 1. The lowest BCUT2D eigenvalue weighted by Gasteiger charge is -2.24. The predicted molar refractivity (Wildman–Crippen MR) is 175 cm³/mol. The molecule has 0 bridgehead atoms. The largest absolute Gasteiger partial charge is 0.455 e. The van der Waals surface area contributed by atoms with Gasteiger partial charge in [-0.15, -0.1) is 0 Å². The van der Waals surface area contributed by atoms with Gasteiger partial charge in [-0.05, 0) is 57.9 Å². The Hall–Kier alpha value is -0.990. The van der Waals surface area contributed by atoms with Crippen molar-refractivity contribution in [2.45, 2.75) is 217 Å². The molecular weight excluding hydrogens is 556 g/mol. The summed E-state index contributed by atoms with van der Waals surface area (Å²) in [7, 11) is 0. The van der Waals surface area contributed by atoms with Crippen LogP contribution in [-0.4, -0.2) is 70.1 Å². The average molecular weight is 623 g/mol. The molecule has 3 N–H and O–H groups in total. The molecule has 3 aliphatic heterocycles. The van der Waals surface area contributed by atoms with E-state index in [0.29, 0.717) is 12.0 Å². The number of cyclic esters (lactones) is 1. The molecule has 0 aliphatic carbocycles. The van der Waals surface area contributed by atoms with Crippen LogP contribution < -0.4 is 0 Å². The number of ether oxygens (including phenoxy) is 3. The molecule has 3 rings (SSSR count). The lowest BCUT2D eigenvalue weighted by Crippen LogP contribution is -2.33. The summed E-state index contributed by atoms with van der Waals surface area (Å²) in [5, 5.41) is 31.6. The van der Waals surface area contributed by atoms with E-state index in [4.69, 9.17) is 14.2 Å². The Morgan fingerprint density at radius 2 is 1.09 bits per heavy atom. The van der Waals surface area contributed by atoms with Gasteiger partial charge in [-0.1, -0.05) is 110 Å². The number of carbonyl (C=O) groups excluding carboxylic acids is 1. The number of aliphatic hydroxyl groups is 3. The smallest absolute Gasteiger partial charge is 0.334 e. The Balaban J connectivity index is 1.13. The van der Waals surface area contributed by atoms with Crippen LogP contribution in [0, 0.1) is 0 Å². The molecular formula is C37H66O7. The summed E-state index contributed by atoms with van der Waals surface area (Å²) in [6.45, 7) is 4.09. The average Bonchev–Trinajstić information content (AvgIpc) is 3.75. The van der Waals surface area contributed by atoms with Crippen LogP contribution in [0.3, 0.4) is 0 Å². The zero-order valence-corrected chi connectivity index (χ0v) is 28.1. The Morgan fingerprint density at radius 3 is 1.52 bits per heavy atom. The fraction of sp³-hybridized carbons (Fsp3) is 0.919.